The van der Waals surface area contributed by atoms with Gasteiger partial charge in [-0.3, -0.25) is 19.5 Å². The zero-order valence-corrected chi connectivity index (χ0v) is 24.2. The lowest BCUT2D eigenvalue weighted by Crippen LogP contribution is -2.38. The van der Waals surface area contributed by atoms with Crippen LogP contribution in [0.2, 0.25) is 0 Å². The van der Waals surface area contributed by atoms with Crippen molar-refractivity contribution in [3.8, 4) is 11.3 Å². The zero-order chi connectivity index (χ0) is 28.2. The smallest absolute Gasteiger partial charge is 0.273 e. The van der Waals surface area contributed by atoms with Crippen LogP contribution in [0.5, 0.6) is 0 Å². The van der Waals surface area contributed by atoms with Gasteiger partial charge in [-0.1, -0.05) is 75.8 Å². The molecule has 1 aliphatic carbocycles. The molecule has 0 saturated carbocycles. The van der Waals surface area contributed by atoms with Crippen LogP contribution in [-0.2, 0) is 6.42 Å². The number of thiazole rings is 1. The molecule has 2 aliphatic rings. The molecule has 202 valence electrons. The highest BCUT2D eigenvalue weighted by molar-refractivity contribution is 9.10. The quantitative estimate of drug-likeness (QED) is 0.167. The first-order valence-electron chi connectivity index (χ1n) is 13.1. The first kappa shape index (κ1) is 25.6. The molecule has 0 bridgehead atoms. The van der Waals surface area contributed by atoms with Crippen molar-refractivity contribution in [2.75, 3.05) is 0 Å². The summed E-state index contributed by atoms with van der Waals surface area (Å²) in [6, 6.07) is 24.7. The van der Waals surface area contributed by atoms with Gasteiger partial charge in [-0.05, 0) is 60.7 Å². The third kappa shape index (κ3) is 4.42. The third-order valence-electron chi connectivity index (χ3n) is 7.65. The molecule has 5 aromatic rings. The summed E-state index contributed by atoms with van der Waals surface area (Å²) in [5.74, 6) is 0.981. The lowest BCUT2D eigenvalue weighted by molar-refractivity contribution is -0.385. The Labute approximate surface area is 246 Å². The zero-order valence-electron chi connectivity index (χ0n) is 21.8. The van der Waals surface area contributed by atoms with Gasteiger partial charge in [-0.15, -0.1) is 0 Å². The molecule has 3 aromatic carbocycles. The van der Waals surface area contributed by atoms with Gasteiger partial charge in [0.1, 0.15) is 11.5 Å². The Morgan fingerprint density at radius 1 is 1.07 bits per heavy atom. The van der Waals surface area contributed by atoms with E-state index in [4.69, 9.17) is 9.41 Å². The van der Waals surface area contributed by atoms with Crippen LogP contribution in [0.3, 0.4) is 0 Å². The molecule has 7 rings (SSSR count). The summed E-state index contributed by atoms with van der Waals surface area (Å²) < 4.78 is 9.33. The summed E-state index contributed by atoms with van der Waals surface area (Å²) in [5.41, 5.74) is 6.61. The Balaban J connectivity index is 1.37. The van der Waals surface area contributed by atoms with Crippen LogP contribution in [-0.4, -0.2) is 9.49 Å². The Morgan fingerprint density at radius 3 is 2.68 bits per heavy atom. The maximum absolute atomic E-state index is 14.0. The average Bonchev–Trinajstić information content (AvgIpc) is 3.57. The number of halogens is 1. The minimum atomic E-state index is -0.400. The van der Waals surface area contributed by atoms with Crippen molar-refractivity contribution in [3.05, 3.63) is 147 Å². The van der Waals surface area contributed by atoms with Crippen LogP contribution in [0.1, 0.15) is 40.5 Å². The number of allylic oxidation sites excluding steroid dienone is 1. The number of benzene rings is 3. The van der Waals surface area contributed by atoms with Gasteiger partial charge in [0.15, 0.2) is 4.80 Å². The fourth-order valence-electron chi connectivity index (χ4n) is 5.64. The molecule has 0 radical (unpaired) electrons. The van der Waals surface area contributed by atoms with E-state index in [1.54, 1.807) is 41.8 Å². The summed E-state index contributed by atoms with van der Waals surface area (Å²) in [7, 11) is 0. The van der Waals surface area contributed by atoms with Crippen molar-refractivity contribution in [2.45, 2.75) is 25.8 Å². The molecule has 0 unspecified atom stereocenters. The topological polar surface area (TPSA) is 90.6 Å². The molecule has 7 nitrogen and oxygen atoms in total. The molecule has 3 heterocycles. The maximum Gasteiger partial charge on any atom is 0.273 e. The molecule has 1 aliphatic heterocycles. The van der Waals surface area contributed by atoms with E-state index in [9.17, 15) is 14.9 Å². The Morgan fingerprint density at radius 2 is 1.88 bits per heavy atom. The number of nitro groups is 1. The Hall–Kier alpha value is -4.34. The van der Waals surface area contributed by atoms with E-state index >= 15 is 0 Å². The van der Waals surface area contributed by atoms with Crippen LogP contribution < -0.4 is 14.9 Å². The average molecular weight is 625 g/mol. The number of nitrogens with zero attached hydrogens (tertiary/aromatic N) is 3. The number of hydrogen-bond donors (Lipinski definition) is 0. The van der Waals surface area contributed by atoms with Crippen molar-refractivity contribution >= 4 is 44.7 Å². The number of rotatable bonds is 4. The molecule has 9 heteroatoms. The van der Waals surface area contributed by atoms with Crippen LogP contribution in [0, 0.1) is 17.0 Å². The number of fused-ring (bicyclic) bond motifs is 3. The van der Waals surface area contributed by atoms with E-state index in [1.165, 1.54) is 23.0 Å². The molecule has 0 saturated heterocycles. The summed E-state index contributed by atoms with van der Waals surface area (Å²) in [4.78, 5) is 30.7. The van der Waals surface area contributed by atoms with Crippen LogP contribution in [0.25, 0.3) is 23.1 Å². The fraction of sp³-hybridized carbons (Fsp3) is 0.125. The lowest BCUT2D eigenvalue weighted by atomic mass is 9.83. The predicted octanol–water partition coefficient (Wildman–Crippen LogP) is 6.56. The van der Waals surface area contributed by atoms with E-state index in [1.807, 2.05) is 18.2 Å². The van der Waals surface area contributed by atoms with E-state index in [2.05, 4.69) is 46.3 Å². The minimum Gasteiger partial charge on any atom is -0.457 e. The van der Waals surface area contributed by atoms with Gasteiger partial charge in [-0.25, -0.2) is 4.99 Å². The highest BCUT2D eigenvalue weighted by atomic mass is 79.9. The summed E-state index contributed by atoms with van der Waals surface area (Å²) in [6.07, 6.45) is 3.45. The highest BCUT2D eigenvalue weighted by Gasteiger charge is 2.32. The number of aryl methyl sites for hydroxylation is 2. The normalized spacial score (nSPS) is 16.1. The second kappa shape index (κ2) is 9.94. The van der Waals surface area contributed by atoms with Crippen molar-refractivity contribution in [1.82, 2.24) is 4.57 Å². The first-order chi connectivity index (χ1) is 19.9. The van der Waals surface area contributed by atoms with Crippen molar-refractivity contribution < 1.29 is 9.34 Å². The van der Waals surface area contributed by atoms with E-state index in [-0.39, 0.29) is 17.3 Å². The third-order valence-corrected chi connectivity index (χ3v) is 9.16. The molecule has 1 atom stereocenters. The van der Waals surface area contributed by atoms with Crippen LogP contribution in [0.15, 0.2) is 103 Å². The van der Waals surface area contributed by atoms with Crippen molar-refractivity contribution in [3.63, 3.8) is 0 Å². The second-order valence-electron chi connectivity index (χ2n) is 10.1. The number of aromatic nitrogens is 1. The molecule has 0 N–H and O–H groups in total. The van der Waals surface area contributed by atoms with E-state index < -0.39 is 4.92 Å². The predicted molar refractivity (Wildman–Crippen MR) is 162 cm³/mol. The summed E-state index contributed by atoms with van der Waals surface area (Å²) in [6.45, 7) is 1.70. The van der Waals surface area contributed by atoms with Crippen LogP contribution >= 0.6 is 27.3 Å². The van der Waals surface area contributed by atoms with E-state index in [0.717, 1.165) is 39.7 Å². The first-order valence-corrected chi connectivity index (χ1v) is 14.7. The number of hydrogen-bond acceptors (Lipinski definition) is 6. The van der Waals surface area contributed by atoms with Gasteiger partial charge >= 0.3 is 0 Å². The van der Waals surface area contributed by atoms with Crippen molar-refractivity contribution in [1.29, 1.82) is 0 Å². The molecule has 2 aromatic heterocycles. The number of nitro benzene ring substituents is 1. The maximum atomic E-state index is 14.0. The Kier molecular flexibility index (Phi) is 6.21. The van der Waals surface area contributed by atoms with Crippen molar-refractivity contribution in [2.24, 2.45) is 4.99 Å². The van der Waals surface area contributed by atoms with Gasteiger partial charge < -0.3 is 4.42 Å². The lowest BCUT2D eigenvalue weighted by Gasteiger charge is -2.30. The molecule has 41 heavy (non-hydrogen) atoms. The SMILES string of the molecule is Cc1ccc(-c2ccc(/C=c3/sc4n(c3=O)[C@H](c3ccc(Br)cc3)C3=C(N=4)c4ccccc4CC3)o2)cc1[N+](=O)[O-]. The van der Waals surface area contributed by atoms with Crippen LogP contribution in [0.4, 0.5) is 5.69 Å². The minimum absolute atomic E-state index is 0.0345. The molecular weight excluding hydrogens is 602 g/mol. The molecular formula is C32H22BrN3O4S. The van der Waals surface area contributed by atoms with Gasteiger partial charge in [0.25, 0.3) is 11.2 Å². The van der Waals surface area contributed by atoms with E-state index in [0.29, 0.717) is 32.0 Å². The fourth-order valence-corrected chi connectivity index (χ4v) is 6.89. The highest BCUT2D eigenvalue weighted by Crippen LogP contribution is 2.41. The standard InChI is InChI=1S/C32H22BrN3O4S/c1-18-6-7-21(16-26(18)36(38)39)27-15-13-23(40-27)17-28-31(37)35-30(20-8-11-22(33)12-9-20)25-14-10-19-4-2-3-5-24(19)29(25)34-32(35)41-28/h2-9,11-13,15-17,30H,10,14H2,1H3/b28-17+/t30-/m1/s1. The molecule has 0 amide bonds. The second-order valence-corrected chi connectivity index (χ2v) is 12.1. The van der Waals surface area contributed by atoms with Gasteiger partial charge in [0.05, 0.1) is 21.2 Å². The summed E-state index contributed by atoms with van der Waals surface area (Å²) in [5, 5.41) is 11.4. The molecule has 0 spiro atoms. The largest absolute Gasteiger partial charge is 0.457 e. The summed E-state index contributed by atoms with van der Waals surface area (Å²) >= 11 is 4.87. The number of furan rings is 1. The van der Waals surface area contributed by atoms with Gasteiger partial charge in [-0.2, -0.15) is 0 Å². The monoisotopic (exact) mass is 623 g/mol. The van der Waals surface area contributed by atoms with Gasteiger partial charge in [0, 0.05) is 33.3 Å². The molecule has 0 fully saturated rings. The Bertz CT molecular complexity index is 2090. The van der Waals surface area contributed by atoms with Gasteiger partial charge in [0.2, 0.25) is 0 Å².